The van der Waals surface area contributed by atoms with Gasteiger partial charge in [-0.25, -0.2) is 0 Å². The Hall–Kier alpha value is -0.570. The topological polar surface area (TPSA) is 55.1 Å². The molecule has 2 rings (SSSR count). The molecule has 1 amide bonds. The van der Waals surface area contributed by atoms with Gasteiger partial charge in [-0.2, -0.15) is 0 Å². The normalized spacial score (nSPS) is 31.3. The average Bonchev–Trinajstić information content (AvgIpc) is 2.38. The SMILES string of the molecule is NC(=O)C1CCCNC1CCC1CCCCC1. The van der Waals surface area contributed by atoms with Crippen LogP contribution >= 0.6 is 0 Å². The Balaban J connectivity index is 1.77. The maximum atomic E-state index is 11.4. The minimum absolute atomic E-state index is 0.0762. The van der Waals surface area contributed by atoms with Crippen molar-refractivity contribution in [1.29, 1.82) is 0 Å². The van der Waals surface area contributed by atoms with Gasteiger partial charge in [-0.1, -0.05) is 32.1 Å². The lowest BCUT2D eigenvalue weighted by molar-refractivity contribution is -0.123. The van der Waals surface area contributed by atoms with Gasteiger partial charge in [-0.05, 0) is 38.1 Å². The molecule has 0 bridgehead atoms. The Morgan fingerprint density at radius 2 is 1.82 bits per heavy atom. The Morgan fingerprint density at radius 3 is 2.53 bits per heavy atom. The van der Waals surface area contributed by atoms with Crippen LogP contribution in [0.4, 0.5) is 0 Å². The number of primary amides is 1. The van der Waals surface area contributed by atoms with Crippen LogP contribution in [0.1, 0.15) is 57.8 Å². The third-order valence-electron chi connectivity index (χ3n) is 4.56. The average molecular weight is 238 g/mol. The van der Waals surface area contributed by atoms with E-state index in [1.165, 1.54) is 38.5 Å². The summed E-state index contributed by atoms with van der Waals surface area (Å²) in [5, 5.41) is 3.49. The molecule has 3 N–H and O–H groups in total. The summed E-state index contributed by atoms with van der Waals surface area (Å²) < 4.78 is 0. The summed E-state index contributed by atoms with van der Waals surface area (Å²) >= 11 is 0. The number of piperidine rings is 1. The molecule has 17 heavy (non-hydrogen) atoms. The van der Waals surface area contributed by atoms with Gasteiger partial charge in [-0.3, -0.25) is 4.79 Å². The van der Waals surface area contributed by atoms with Crippen LogP contribution in [-0.2, 0) is 4.79 Å². The van der Waals surface area contributed by atoms with Crippen LogP contribution in [-0.4, -0.2) is 18.5 Å². The van der Waals surface area contributed by atoms with E-state index >= 15 is 0 Å². The Labute approximate surface area is 105 Å². The summed E-state index contributed by atoms with van der Waals surface area (Å²) in [6.45, 7) is 1.05. The van der Waals surface area contributed by atoms with Gasteiger partial charge in [0.15, 0.2) is 0 Å². The van der Waals surface area contributed by atoms with Crippen LogP contribution < -0.4 is 11.1 Å². The van der Waals surface area contributed by atoms with Gasteiger partial charge >= 0.3 is 0 Å². The van der Waals surface area contributed by atoms with Crippen LogP contribution in [0.2, 0.25) is 0 Å². The summed E-state index contributed by atoms with van der Waals surface area (Å²) in [5.74, 6) is 0.874. The first-order valence-electron chi connectivity index (χ1n) is 7.30. The second kappa shape index (κ2) is 6.39. The van der Waals surface area contributed by atoms with Gasteiger partial charge in [-0.15, -0.1) is 0 Å². The van der Waals surface area contributed by atoms with E-state index in [2.05, 4.69) is 5.32 Å². The molecule has 0 aromatic rings. The molecule has 3 nitrogen and oxygen atoms in total. The monoisotopic (exact) mass is 238 g/mol. The smallest absolute Gasteiger partial charge is 0.222 e. The number of nitrogens with two attached hydrogens (primary N) is 1. The molecule has 98 valence electrons. The Bertz CT molecular complexity index is 249. The molecule has 1 saturated carbocycles. The third kappa shape index (κ3) is 3.70. The second-order valence-corrected chi connectivity index (χ2v) is 5.79. The zero-order valence-electron chi connectivity index (χ0n) is 10.8. The van der Waals surface area contributed by atoms with E-state index in [9.17, 15) is 4.79 Å². The molecule has 1 saturated heterocycles. The van der Waals surface area contributed by atoms with Crippen molar-refractivity contribution in [3.8, 4) is 0 Å². The van der Waals surface area contributed by atoms with Crippen molar-refractivity contribution in [1.82, 2.24) is 5.32 Å². The van der Waals surface area contributed by atoms with Gasteiger partial charge < -0.3 is 11.1 Å². The highest BCUT2D eigenvalue weighted by Gasteiger charge is 2.29. The molecule has 1 aliphatic heterocycles. The molecular weight excluding hydrogens is 212 g/mol. The fourth-order valence-corrected chi connectivity index (χ4v) is 3.49. The minimum Gasteiger partial charge on any atom is -0.369 e. The molecule has 0 radical (unpaired) electrons. The molecule has 0 spiro atoms. The van der Waals surface area contributed by atoms with Crippen molar-refractivity contribution in [2.75, 3.05) is 6.54 Å². The highest BCUT2D eigenvalue weighted by Crippen LogP contribution is 2.29. The van der Waals surface area contributed by atoms with Gasteiger partial charge in [0.1, 0.15) is 0 Å². The number of carbonyl (C=O) groups is 1. The fourth-order valence-electron chi connectivity index (χ4n) is 3.49. The summed E-state index contributed by atoms with van der Waals surface area (Å²) in [4.78, 5) is 11.4. The number of rotatable bonds is 4. The van der Waals surface area contributed by atoms with E-state index in [1.807, 2.05) is 0 Å². The lowest BCUT2D eigenvalue weighted by Gasteiger charge is -2.32. The van der Waals surface area contributed by atoms with E-state index in [1.54, 1.807) is 0 Å². The maximum absolute atomic E-state index is 11.4. The molecule has 1 aliphatic carbocycles. The van der Waals surface area contributed by atoms with E-state index < -0.39 is 0 Å². The maximum Gasteiger partial charge on any atom is 0.222 e. The van der Waals surface area contributed by atoms with Crippen molar-refractivity contribution in [3.63, 3.8) is 0 Å². The van der Waals surface area contributed by atoms with E-state index in [4.69, 9.17) is 5.73 Å². The molecule has 1 heterocycles. The number of nitrogens with one attached hydrogen (secondary N) is 1. The molecule has 2 aliphatic rings. The second-order valence-electron chi connectivity index (χ2n) is 5.79. The standard InChI is InChI=1S/C14H26N2O/c15-14(17)12-7-4-10-16-13(12)9-8-11-5-2-1-3-6-11/h11-13,16H,1-10H2,(H2,15,17). The molecule has 2 fully saturated rings. The highest BCUT2D eigenvalue weighted by molar-refractivity contribution is 5.77. The van der Waals surface area contributed by atoms with Gasteiger partial charge in [0.2, 0.25) is 5.91 Å². The lowest BCUT2D eigenvalue weighted by atomic mass is 9.81. The van der Waals surface area contributed by atoms with E-state index in [0.29, 0.717) is 6.04 Å². The van der Waals surface area contributed by atoms with Crippen LogP contribution in [0.15, 0.2) is 0 Å². The number of carbonyl (C=O) groups excluding carboxylic acids is 1. The molecule has 2 atom stereocenters. The van der Waals surface area contributed by atoms with Crippen LogP contribution in [0.5, 0.6) is 0 Å². The first-order valence-corrected chi connectivity index (χ1v) is 7.30. The van der Waals surface area contributed by atoms with Crippen LogP contribution in [0.25, 0.3) is 0 Å². The van der Waals surface area contributed by atoms with Crippen LogP contribution in [0.3, 0.4) is 0 Å². The third-order valence-corrected chi connectivity index (χ3v) is 4.56. The Kier molecular flexibility index (Phi) is 4.84. The van der Waals surface area contributed by atoms with Crippen molar-refractivity contribution in [2.45, 2.75) is 63.8 Å². The molecule has 2 unspecified atom stereocenters. The van der Waals surface area contributed by atoms with Crippen molar-refractivity contribution in [2.24, 2.45) is 17.6 Å². The van der Waals surface area contributed by atoms with Crippen LogP contribution in [0, 0.1) is 11.8 Å². The number of hydrogen-bond acceptors (Lipinski definition) is 2. The molecular formula is C14H26N2O. The number of amides is 1. The zero-order valence-corrected chi connectivity index (χ0v) is 10.8. The summed E-state index contributed by atoms with van der Waals surface area (Å²) in [6.07, 6.45) is 11.5. The quantitative estimate of drug-likeness (QED) is 0.789. The van der Waals surface area contributed by atoms with E-state index in [0.717, 1.165) is 31.7 Å². The molecule has 0 aromatic heterocycles. The lowest BCUT2D eigenvalue weighted by Crippen LogP contribution is -2.47. The van der Waals surface area contributed by atoms with Crippen molar-refractivity contribution < 1.29 is 4.79 Å². The molecule has 3 heteroatoms. The van der Waals surface area contributed by atoms with Crippen molar-refractivity contribution in [3.05, 3.63) is 0 Å². The van der Waals surface area contributed by atoms with E-state index in [-0.39, 0.29) is 11.8 Å². The predicted octanol–water partition coefficient (Wildman–Crippen LogP) is 2.20. The predicted molar refractivity (Wildman–Crippen MR) is 69.5 cm³/mol. The summed E-state index contributed by atoms with van der Waals surface area (Å²) in [6, 6.07) is 0.350. The number of hydrogen-bond donors (Lipinski definition) is 2. The fraction of sp³-hybridized carbons (Fsp3) is 0.929. The Morgan fingerprint density at radius 1 is 1.06 bits per heavy atom. The first kappa shape index (κ1) is 12.9. The first-order chi connectivity index (χ1) is 8.27. The zero-order chi connectivity index (χ0) is 12.1. The summed E-state index contributed by atoms with van der Waals surface area (Å²) in [5.41, 5.74) is 5.49. The summed E-state index contributed by atoms with van der Waals surface area (Å²) in [7, 11) is 0. The minimum atomic E-state index is -0.106. The highest BCUT2D eigenvalue weighted by atomic mass is 16.1. The molecule has 0 aromatic carbocycles. The van der Waals surface area contributed by atoms with Gasteiger partial charge in [0.05, 0.1) is 5.92 Å². The van der Waals surface area contributed by atoms with Gasteiger partial charge in [0.25, 0.3) is 0 Å². The van der Waals surface area contributed by atoms with Gasteiger partial charge in [0, 0.05) is 6.04 Å². The largest absolute Gasteiger partial charge is 0.369 e. The van der Waals surface area contributed by atoms with Crippen molar-refractivity contribution >= 4 is 5.91 Å².